The third-order valence-corrected chi connectivity index (χ3v) is 7.42. The summed E-state index contributed by atoms with van der Waals surface area (Å²) in [5.74, 6) is 1.06. The molecule has 4 aromatic rings. The molecule has 0 unspecified atom stereocenters. The van der Waals surface area contributed by atoms with Crippen molar-refractivity contribution >= 4 is 28.8 Å². The van der Waals surface area contributed by atoms with Gasteiger partial charge in [-0.2, -0.15) is 5.10 Å². The van der Waals surface area contributed by atoms with Gasteiger partial charge in [-0.05, 0) is 68.6 Å². The number of hydrogen-bond donors (Lipinski definition) is 2. The fourth-order valence-corrected chi connectivity index (χ4v) is 4.92. The first-order valence-electron chi connectivity index (χ1n) is 14.5. The van der Waals surface area contributed by atoms with E-state index in [4.69, 9.17) is 14.2 Å². The number of carbonyl (C=O) groups is 1. The lowest BCUT2D eigenvalue weighted by atomic mass is 9.99. The summed E-state index contributed by atoms with van der Waals surface area (Å²) >= 11 is 0. The molecule has 44 heavy (non-hydrogen) atoms. The Balaban J connectivity index is 1.20. The van der Waals surface area contributed by atoms with Crippen molar-refractivity contribution in [1.29, 1.82) is 0 Å². The van der Waals surface area contributed by atoms with Crippen LogP contribution in [0.2, 0.25) is 0 Å². The predicted molar refractivity (Wildman–Crippen MR) is 166 cm³/mol. The number of ether oxygens (including phenoxy) is 3. The molecule has 11 heteroatoms. The first-order chi connectivity index (χ1) is 21.4. The third kappa shape index (κ3) is 7.99. The van der Waals surface area contributed by atoms with Gasteiger partial charge in [0.2, 0.25) is 0 Å². The molecule has 0 radical (unpaired) electrons. The number of pyridine rings is 1. The van der Waals surface area contributed by atoms with Crippen molar-refractivity contribution in [3.8, 4) is 23.0 Å². The van der Waals surface area contributed by atoms with Crippen LogP contribution in [0.15, 0.2) is 72.0 Å². The van der Waals surface area contributed by atoms with Gasteiger partial charge in [-0.15, -0.1) is 0 Å². The number of fused-ring (bicyclic) bond motifs is 1. The first-order valence-corrected chi connectivity index (χ1v) is 14.5. The van der Waals surface area contributed by atoms with Gasteiger partial charge in [0, 0.05) is 41.5 Å². The van der Waals surface area contributed by atoms with Gasteiger partial charge in [0.25, 0.3) is 0 Å². The van der Waals surface area contributed by atoms with Crippen LogP contribution in [0.4, 0.5) is 19.3 Å². The largest absolute Gasteiger partial charge is 0.493 e. The molecule has 0 bridgehead atoms. The Bertz CT molecular complexity index is 1630. The number of hydrazone groups is 1. The van der Waals surface area contributed by atoms with E-state index in [2.05, 4.69) is 32.7 Å². The van der Waals surface area contributed by atoms with Gasteiger partial charge >= 0.3 is 6.03 Å². The van der Waals surface area contributed by atoms with E-state index in [-0.39, 0.29) is 17.0 Å². The van der Waals surface area contributed by atoms with Crippen molar-refractivity contribution in [1.82, 2.24) is 15.3 Å². The molecule has 0 aliphatic carbocycles. The quantitative estimate of drug-likeness (QED) is 0.109. The number of benzene rings is 3. The Labute approximate surface area is 254 Å². The molecule has 2 heterocycles. The highest BCUT2D eigenvalue weighted by Gasteiger charge is 2.17. The molecular weight excluding hydrogens is 568 g/mol. The lowest BCUT2D eigenvalue weighted by Gasteiger charge is -2.30. The summed E-state index contributed by atoms with van der Waals surface area (Å²) < 4.78 is 46.2. The molecular formula is C33H35F2N5O4. The van der Waals surface area contributed by atoms with Crippen LogP contribution in [0.3, 0.4) is 0 Å². The lowest BCUT2D eigenvalue weighted by molar-refractivity contribution is 0.176. The summed E-state index contributed by atoms with van der Waals surface area (Å²) in [6, 6.07) is 14.5. The molecule has 2 amide bonds. The maximum absolute atomic E-state index is 15.0. The van der Waals surface area contributed by atoms with Gasteiger partial charge in [0.15, 0.2) is 23.1 Å². The van der Waals surface area contributed by atoms with Crippen LogP contribution in [0.5, 0.6) is 23.0 Å². The minimum absolute atomic E-state index is 0.0487. The highest BCUT2D eigenvalue weighted by molar-refractivity contribution is 5.91. The third-order valence-electron chi connectivity index (χ3n) is 7.42. The molecule has 0 spiro atoms. The number of anilines is 1. The van der Waals surface area contributed by atoms with Gasteiger partial charge in [-0.25, -0.2) is 19.0 Å². The Kier molecular flexibility index (Phi) is 10.2. The van der Waals surface area contributed by atoms with Crippen molar-refractivity contribution in [3.05, 3.63) is 84.1 Å². The van der Waals surface area contributed by atoms with Crippen LogP contribution < -0.4 is 25.0 Å². The van der Waals surface area contributed by atoms with Crippen LogP contribution >= 0.6 is 0 Å². The summed E-state index contributed by atoms with van der Waals surface area (Å²) in [4.78, 5) is 19.1. The first kappa shape index (κ1) is 30.7. The van der Waals surface area contributed by atoms with Gasteiger partial charge < -0.3 is 24.4 Å². The van der Waals surface area contributed by atoms with Crippen molar-refractivity contribution in [2.45, 2.75) is 26.2 Å². The second kappa shape index (κ2) is 14.6. The Morgan fingerprint density at radius 2 is 1.84 bits per heavy atom. The topological polar surface area (TPSA) is 97.3 Å². The number of urea groups is 1. The zero-order chi connectivity index (χ0) is 30.9. The summed E-state index contributed by atoms with van der Waals surface area (Å²) in [5, 5.41) is 6.80. The average Bonchev–Trinajstić information content (AvgIpc) is 3.02. The van der Waals surface area contributed by atoms with E-state index >= 15 is 4.39 Å². The van der Waals surface area contributed by atoms with Crippen molar-refractivity contribution < 1.29 is 27.8 Å². The number of likely N-dealkylation sites (tertiary alicyclic amines) is 1. The highest BCUT2D eigenvalue weighted by atomic mass is 19.1. The van der Waals surface area contributed by atoms with Crippen LogP contribution in [0.25, 0.3) is 10.9 Å². The minimum atomic E-state index is -0.725. The number of halogens is 2. The molecule has 5 rings (SSSR count). The second-order valence-corrected chi connectivity index (χ2v) is 10.6. The van der Waals surface area contributed by atoms with Gasteiger partial charge in [0.05, 0.1) is 25.4 Å². The Morgan fingerprint density at radius 1 is 1.02 bits per heavy atom. The molecule has 1 fully saturated rings. The highest BCUT2D eigenvalue weighted by Crippen LogP contribution is 2.38. The van der Waals surface area contributed by atoms with E-state index in [9.17, 15) is 9.18 Å². The summed E-state index contributed by atoms with van der Waals surface area (Å²) in [6.45, 7) is 6.12. The molecule has 230 valence electrons. The number of hydrogen-bond acceptors (Lipinski definition) is 7. The van der Waals surface area contributed by atoms with Crippen LogP contribution in [0, 0.1) is 17.6 Å². The molecule has 9 nitrogen and oxygen atoms in total. The molecule has 1 aliphatic heterocycles. The van der Waals surface area contributed by atoms with E-state index < -0.39 is 17.7 Å². The molecule has 1 aliphatic rings. The molecule has 3 aromatic carbocycles. The van der Waals surface area contributed by atoms with E-state index in [0.717, 1.165) is 38.0 Å². The fraction of sp³-hybridized carbons (Fsp3) is 0.303. The Hall–Kier alpha value is -4.77. The molecule has 1 saturated heterocycles. The summed E-state index contributed by atoms with van der Waals surface area (Å²) in [7, 11) is 1.56. The fourth-order valence-electron chi connectivity index (χ4n) is 4.92. The number of aromatic nitrogens is 1. The monoisotopic (exact) mass is 603 g/mol. The van der Waals surface area contributed by atoms with Crippen LogP contribution in [0.1, 0.15) is 31.7 Å². The molecule has 0 saturated carbocycles. The summed E-state index contributed by atoms with van der Waals surface area (Å²) in [6.07, 6.45) is 6.13. The number of carbonyl (C=O) groups excluding carboxylic acids is 1. The number of piperidine rings is 1. The predicted octanol–water partition coefficient (Wildman–Crippen LogP) is 6.97. The number of nitrogens with one attached hydrogen (secondary N) is 2. The number of methoxy groups -OCH3 is 1. The van der Waals surface area contributed by atoms with Crippen molar-refractivity contribution in [3.63, 3.8) is 0 Å². The Morgan fingerprint density at radius 3 is 2.61 bits per heavy atom. The SMILES string of the molecule is COc1cc2c(Oc3ccc(NC(=O)N/N=C/c4ccccc4F)cc3F)ccnc2cc1OCCCN1CCC(C)CC1. The van der Waals surface area contributed by atoms with Crippen molar-refractivity contribution in [2.24, 2.45) is 11.0 Å². The van der Waals surface area contributed by atoms with Gasteiger partial charge in [-0.1, -0.05) is 25.1 Å². The molecule has 1 aromatic heterocycles. The minimum Gasteiger partial charge on any atom is -0.493 e. The number of nitrogens with zero attached hydrogens (tertiary/aromatic N) is 3. The van der Waals surface area contributed by atoms with E-state index in [0.29, 0.717) is 34.8 Å². The standard InChI is InChI=1S/C33H35F2N5O4/c1-22-11-15-40(16-12-22)14-5-17-43-32-20-28-25(19-31(32)42-2)29(10-13-36-28)44-30-9-8-24(18-27(30)35)38-33(41)39-37-21-23-6-3-4-7-26(23)34/h3-4,6-10,13,18-22H,5,11-12,14-17H2,1-2H3,(H2,38,39,41)/b37-21+. The van der Waals surface area contributed by atoms with Gasteiger partial charge in [0.1, 0.15) is 11.6 Å². The number of amides is 2. The van der Waals surface area contributed by atoms with E-state index in [1.165, 1.54) is 43.3 Å². The van der Waals surface area contributed by atoms with E-state index in [1.807, 2.05) is 0 Å². The van der Waals surface area contributed by atoms with Crippen LogP contribution in [-0.2, 0) is 0 Å². The average molecular weight is 604 g/mol. The second-order valence-electron chi connectivity index (χ2n) is 10.6. The maximum atomic E-state index is 15.0. The zero-order valence-corrected chi connectivity index (χ0v) is 24.7. The lowest BCUT2D eigenvalue weighted by Crippen LogP contribution is -2.34. The molecule has 0 atom stereocenters. The maximum Gasteiger partial charge on any atom is 0.339 e. The van der Waals surface area contributed by atoms with Crippen molar-refractivity contribution in [2.75, 3.05) is 38.7 Å². The number of rotatable bonds is 11. The summed E-state index contributed by atoms with van der Waals surface area (Å²) in [5.41, 5.74) is 3.21. The molecule has 2 N–H and O–H groups in total. The van der Waals surface area contributed by atoms with Crippen LogP contribution in [-0.4, -0.2) is 55.5 Å². The normalized spacial score (nSPS) is 14.1. The van der Waals surface area contributed by atoms with E-state index in [1.54, 1.807) is 43.6 Å². The van der Waals surface area contributed by atoms with Gasteiger partial charge in [-0.3, -0.25) is 4.98 Å². The zero-order valence-electron chi connectivity index (χ0n) is 24.7. The smallest absolute Gasteiger partial charge is 0.339 e.